The molecule has 4 N–H and O–H groups in total. The van der Waals surface area contributed by atoms with Crippen LogP contribution in [0, 0.1) is 12.8 Å². The summed E-state index contributed by atoms with van der Waals surface area (Å²) in [6.07, 6.45) is 5.59. The van der Waals surface area contributed by atoms with Gasteiger partial charge < -0.3 is 25.5 Å². The smallest absolute Gasteiger partial charge is 0.255 e. The van der Waals surface area contributed by atoms with Gasteiger partial charge >= 0.3 is 0 Å². The van der Waals surface area contributed by atoms with Crippen LogP contribution in [-0.2, 0) is 4.79 Å². The first-order valence-corrected chi connectivity index (χ1v) is 13.6. The number of fused-ring (bicyclic) bond motifs is 1. The van der Waals surface area contributed by atoms with E-state index >= 15 is 0 Å². The van der Waals surface area contributed by atoms with Gasteiger partial charge in [0, 0.05) is 28.9 Å². The van der Waals surface area contributed by atoms with Crippen molar-refractivity contribution >= 4 is 28.6 Å². The van der Waals surface area contributed by atoms with E-state index in [1.807, 2.05) is 13.0 Å². The molecule has 2 aromatic heterocycles. The molecule has 1 aromatic carbocycles. The summed E-state index contributed by atoms with van der Waals surface area (Å²) >= 11 is 0. The molecule has 0 aliphatic heterocycles. The fourth-order valence-corrected chi connectivity index (χ4v) is 5.12. The van der Waals surface area contributed by atoms with E-state index in [1.54, 1.807) is 12.1 Å². The summed E-state index contributed by atoms with van der Waals surface area (Å²) < 4.78 is 6.12. The second-order valence-corrected chi connectivity index (χ2v) is 10.8. The lowest BCUT2D eigenvalue weighted by Gasteiger charge is -2.30. The standard InChI is InChI=1S/C29H35N5O5/c1-15-24(29(38)34-21-9-7-20(8-10-21)33-28(37)17(3)36)26-27(32-15)25(30-14-31-26)22-12-19(16(2)35)6-11-23(22)39-13-18-4-5-18/h6,11-12,14,17-18,20-21,32,36H,4-5,7-10,13H2,1-3H3,(H,33,37)(H,34,38)/t17-,20-,21-/m0/s1. The van der Waals surface area contributed by atoms with Crippen LogP contribution in [0.2, 0.25) is 0 Å². The predicted octanol–water partition coefficient (Wildman–Crippen LogP) is 3.46. The van der Waals surface area contributed by atoms with Gasteiger partial charge in [-0.2, -0.15) is 0 Å². The number of rotatable bonds is 9. The summed E-state index contributed by atoms with van der Waals surface area (Å²) in [4.78, 5) is 49.7. The molecule has 5 rings (SSSR count). The average Bonchev–Trinajstić information content (AvgIpc) is 3.67. The van der Waals surface area contributed by atoms with Gasteiger partial charge in [-0.15, -0.1) is 0 Å². The molecule has 2 amide bonds. The maximum atomic E-state index is 13.4. The summed E-state index contributed by atoms with van der Waals surface area (Å²) in [6, 6.07) is 5.32. The van der Waals surface area contributed by atoms with Gasteiger partial charge in [0.1, 0.15) is 29.4 Å². The third-order valence-electron chi connectivity index (χ3n) is 7.60. The lowest BCUT2D eigenvalue weighted by Crippen LogP contribution is -2.46. The first-order chi connectivity index (χ1) is 18.7. The Morgan fingerprint density at radius 3 is 2.41 bits per heavy atom. The van der Waals surface area contributed by atoms with Crippen LogP contribution >= 0.6 is 0 Å². The number of nitrogens with one attached hydrogen (secondary N) is 3. The van der Waals surface area contributed by atoms with Crippen molar-refractivity contribution in [3.63, 3.8) is 0 Å². The van der Waals surface area contributed by atoms with E-state index in [1.165, 1.54) is 20.2 Å². The van der Waals surface area contributed by atoms with E-state index in [-0.39, 0.29) is 29.7 Å². The van der Waals surface area contributed by atoms with Crippen molar-refractivity contribution in [3.05, 3.63) is 41.3 Å². The first-order valence-electron chi connectivity index (χ1n) is 13.6. The SMILES string of the molecule is CC(=O)c1ccc(OCC2CC2)c(-c2ncnc3c(C(=O)N[C@H]4CC[C@H](NC(=O)[C@H](C)O)CC4)c(C)[nH]c23)c1. The number of amides is 2. The molecule has 0 radical (unpaired) electrons. The highest BCUT2D eigenvalue weighted by molar-refractivity contribution is 6.09. The minimum absolute atomic E-state index is 0.00697. The van der Waals surface area contributed by atoms with Gasteiger partial charge in [-0.25, -0.2) is 9.97 Å². The molecule has 0 bridgehead atoms. The minimum Gasteiger partial charge on any atom is -0.493 e. The van der Waals surface area contributed by atoms with Gasteiger partial charge in [-0.3, -0.25) is 14.4 Å². The lowest BCUT2D eigenvalue weighted by molar-refractivity contribution is -0.129. The van der Waals surface area contributed by atoms with Crippen LogP contribution in [0.3, 0.4) is 0 Å². The minimum atomic E-state index is -1.04. The molecule has 10 heteroatoms. The second kappa shape index (κ2) is 11.1. The van der Waals surface area contributed by atoms with Crippen molar-refractivity contribution in [2.45, 2.75) is 77.5 Å². The van der Waals surface area contributed by atoms with E-state index in [0.29, 0.717) is 57.4 Å². The molecule has 10 nitrogen and oxygen atoms in total. The summed E-state index contributed by atoms with van der Waals surface area (Å²) in [5, 5.41) is 15.4. The van der Waals surface area contributed by atoms with Crippen molar-refractivity contribution in [2.24, 2.45) is 5.92 Å². The predicted molar refractivity (Wildman–Crippen MR) is 146 cm³/mol. The zero-order valence-electron chi connectivity index (χ0n) is 22.5. The molecule has 2 heterocycles. The molecule has 2 fully saturated rings. The molecule has 0 saturated heterocycles. The first kappa shape index (κ1) is 26.8. The van der Waals surface area contributed by atoms with Crippen LogP contribution in [0.1, 0.15) is 78.8 Å². The summed E-state index contributed by atoms with van der Waals surface area (Å²) in [5.74, 6) is 0.552. The number of aliphatic hydroxyl groups excluding tert-OH is 1. The van der Waals surface area contributed by atoms with E-state index in [4.69, 9.17) is 4.74 Å². The number of H-pyrrole nitrogens is 1. The largest absolute Gasteiger partial charge is 0.493 e. The van der Waals surface area contributed by atoms with Crippen LogP contribution in [-0.4, -0.2) is 62.5 Å². The molecule has 1 atom stereocenters. The molecule has 2 aliphatic carbocycles. The number of Topliss-reactive ketones (excluding diaryl/α,β-unsaturated/α-hetero) is 1. The van der Waals surface area contributed by atoms with Gasteiger partial charge in [-0.1, -0.05) is 0 Å². The number of aryl methyl sites for hydroxylation is 1. The van der Waals surface area contributed by atoms with E-state index < -0.39 is 6.10 Å². The zero-order valence-corrected chi connectivity index (χ0v) is 22.5. The number of carbonyl (C=O) groups excluding carboxylic acids is 3. The van der Waals surface area contributed by atoms with Crippen molar-refractivity contribution in [1.29, 1.82) is 0 Å². The van der Waals surface area contributed by atoms with Gasteiger partial charge in [0.15, 0.2) is 5.78 Å². The molecular weight excluding hydrogens is 498 g/mol. The zero-order chi connectivity index (χ0) is 27.7. The number of ketones is 1. The number of carbonyl (C=O) groups is 3. The third kappa shape index (κ3) is 5.95. The fourth-order valence-electron chi connectivity index (χ4n) is 5.12. The number of aromatic amines is 1. The Labute approximate surface area is 227 Å². The number of nitrogens with zero attached hydrogens (tertiary/aromatic N) is 2. The molecule has 0 unspecified atom stereocenters. The van der Waals surface area contributed by atoms with Crippen molar-refractivity contribution < 1.29 is 24.2 Å². The van der Waals surface area contributed by atoms with Gasteiger partial charge in [-0.05, 0) is 83.4 Å². The van der Waals surface area contributed by atoms with E-state index in [2.05, 4.69) is 25.6 Å². The quantitative estimate of drug-likeness (QED) is 0.308. The van der Waals surface area contributed by atoms with Gasteiger partial charge in [0.25, 0.3) is 5.91 Å². The van der Waals surface area contributed by atoms with E-state index in [9.17, 15) is 19.5 Å². The number of benzene rings is 1. The molecule has 2 aliphatic rings. The van der Waals surface area contributed by atoms with Gasteiger partial charge in [0.05, 0.1) is 17.7 Å². The Hall–Kier alpha value is -3.79. The van der Waals surface area contributed by atoms with Crippen LogP contribution < -0.4 is 15.4 Å². The van der Waals surface area contributed by atoms with Crippen LogP contribution in [0.5, 0.6) is 5.75 Å². The average molecular weight is 534 g/mol. The van der Waals surface area contributed by atoms with Crippen LogP contribution in [0.4, 0.5) is 0 Å². The lowest BCUT2D eigenvalue weighted by atomic mass is 9.90. The maximum absolute atomic E-state index is 13.4. The summed E-state index contributed by atoms with van der Waals surface area (Å²) in [6.45, 7) is 5.42. The highest BCUT2D eigenvalue weighted by Crippen LogP contribution is 2.37. The number of hydrogen-bond donors (Lipinski definition) is 4. The second-order valence-electron chi connectivity index (χ2n) is 10.8. The molecule has 3 aromatic rings. The number of aliphatic hydroxyl groups is 1. The monoisotopic (exact) mass is 533 g/mol. The van der Waals surface area contributed by atoms with Crippen LogP contribution in [0.15, 0.2) is 24.5 Å². The highest BCUT2D eigenvalue weighted by Gasteiger charge is 2.28. The van der Waals surface area contributed by atoms with Crippen molar-refractivity contribution in [1.82, 2.24) is 25.6 Å². The van der Waals surface area contributed by atoms with Crippen LogP contribution in [0.25, 0.3) is 22.3 Å². The molecule has 0 spiro atoms. The Morgan fingerprint density at radius 1 is 1.08 bits per heavy atom. The number of ether oxygens (including phenoxy) is 1. The Morgan fingerprint density at radius 2 is 1.77 bits per heavy atom. The molecular formula is C29H35N5O5. The number of hydrogen-bond acceptors (Lipinski definition) is 7. The molecule has 39 heavy (non-hydrogen) atoms. The Bertz CT molecular complexity index is 1400. The Balaban J connectivity index is 1.38. The normalized spacial score (nSPS) is 19.9. The molecule has 206 valence electrons. The fraction of sp³-hybridized carbons (Fsp3) is 0.483. The van der Waals surface area contributed by atoms with Gasteiger partial charge in [0.2, 0.25) is 5.91 Å². The molecule has 2 saturated carbocycles. The maximum Gasteiger partial charge on any atom is 0.255 e. The Kier molecular flexibility index (Phi) is 7.65. The third-order valence-corrected chi connectivity index (χ3v) is 7.60. The highest BCUT2D eigenvalue weighted by atomic mass is 16.5. The summed E-state index contributed by atoms with van der Waals surface area (Å²) in [5.41, 5.74) is 4.06. The topological polar surface area (TPSA) is 146 Å². The van der Waals surface area contributed by atoms with Crippen molar-refractivity contribution in [2.75, 3.05) is 6.61 Å². The summed E-state index contributed by atoms with van der Waals surface area (Å²) in [7, 11) is 0. The van der Waals surface area contributed by atoms with Crippen molar-refractivity contribution in [3.8, 4) is 17.0 Å². The van der Waals surface area contributed by atoms with E-state index in [0.717, 1.165) is 38.5 Å². The number of aromatic nitrogens is 3.